The summed E-state index contributed by atoms with van der Waals surface area (Å²) in [5.41, 5.74) is 2.12. The summed E-state index contributed by atoms with van der Waals surface area (Å²) in [5.74, 6) is 1.21. The van der Waals surface area contributed by atoms with E-state index in [-0.39, 0.29) is 12.0 Å². The van der Waals surface area contributed by atoms with E-state index in [1.54, 1.807) is 36.8 Å². The van der Waals surface area contributed by atoms with Gasteiger partial charge in [0, 0.05) is 36.8 Å². The number of benzene rings is 1. The Balaban J connectivity index is 1.48. The van der Waals surface area contributed by atoms with E-state index in [4.69, 9.17) is 4.74 Å². The van der Waals surface area contributed by atoms with Crippen LogP contribution in [-0.4, -0.2) is 49.9 Å². The molecule has 1 atom stereocenters. The molecule has 7 heteroatoms. The van der Waals surface area contributed by atoms with Gasteiger partial charge >= 0.3 is 0 Å². The van der Waals surface area contributed by atoms with E-state index >= 15 is 0 Å². The first-order valence-electron chi connectivity index (χ1n) is 8.65. The zero-order chi connectivity index (χ0) is 17.9. The van der Waals surface area contributed by atoms with Crippen molar-refractivity contribution in [1.29, 1.82) is 0 Å². The summed E-state index contributed by atoms with van der Waals surface area (Å²) in [7, 11) is 0. The number of aryl methyl sites for hydroxylation is 1. The molecule has 1 saturated heterocycles. The number of hydrogen-bond acceptors (Lipinski definition) is 6. The van der Waals surface area contributed by atoms with E-state index in [1.807, 2.05) is 17.9 Å². The number of rotatable bonds is 3. The Bertz CT molecular complexity index is 946. The van der Waals surface area contributed by atoms with Gasteiger partial charge in [-0.25, -0.2) is 4.98 Å². The molecular formula is C19H19N5O2. The molecule has 0 spiro atoms. The molecule has 0 bridgehead atoms. The van der Waals surface area contributed by atoms with E-state index in [9.17, 15) is 4.79 Å². The molecule has 3 heterocycles. The maximum atomic E-state index is 12.9. The Morgan fingerprint density at radius 3 is 2.81 bits per heavy atom. The summed E-state index contributed by atoms with van der Waals surface area (Å²) in [6, 6.07) is 7.17. The van der Waals surface area contributed by atoms with Gasteiger partial charge in [0.2, 0.25) is 5.88 Å². The van der Waals surface area contributed by atoms with Gasteiger partial charge in [-0.2, -0.15) is 4.98 Å². The number of fused-ring (bicyclic) bond motifs is 1. The Morgan fingerprint density at radius 2 is 1.96 bits per heavy atom. The molecule has 1 amide bonds. The predicted molar refractivity (Wildman–Crippen MR) is 95.9 cm³/mol. The second kappa shape index (κ2) is 7.03. The molecule has 4 rings (SSSR count). The molecule has 0 N–H and O–H groups in total. The summed E-state index contributed by atoms with van der Waals surface area (Å²) in [6.07, 6.45) is 6.68. The predicted octanol–water partition coefficient (Wildman–Crippen LogP) is 2.41. The first-order chi connectivity index (χ1) is 12.7. The van der Waals surface area contributed by atoms with E-state index in [0.717, 1.165) is 30.4 Å². The first-order valence-corrected chi connectivity index (χ1v) is 8.65. The number of amides is 1. The van der Waals surface area contributed by atoms with Crippen molar-refractivity contribution in [2.75, 3.05) is 13.1 Å². The summed E-state index contributed by atoms with van der Waals surface area (Å²) in [5, 5.41) is 0. The minimum absolute atomic E-state index is 0.00952. The van der Waals surface area contributed by atoms with E-state index < -0.39 is 0 Å². The number of hydrogen-bond donors (Lipinski definition) is 0. The molecule has 0 aliphatic carbocycles. The molecule has 2 aromatic heterocycles. The lowest BCUT2D eigenvalue weighted by Crippen LogP contribution is -2.44. The van der Waals surface area contributed by atoms with Crippen LogP contribution in [0.15, 0.2) is 42.9 Å². The van der Waals surface area contributed by atoms with E-state index in [0.29, 0.717) is 23.8 Å². The monoisotopic (exact) mass is 349 g/mol. The van der Waals surface area contributed by atoms with Crippen LogP contribution in [0, 0.1) is 6.92 Å². The Labute approximate surface area is 151 Å². The molecule has 0 saturated carbocycles. The third-order valence-electron chi connectivity index (χ3n) is 4.42. The normalized spacial score (nSPS) is 17.3. The lowest BCUT2D eigenvalue weighted by molar-refractivity contribution is 0.0527. The second-order valence-electron chi connectivity index (χ2n) is 6.34. The van der Waals surface area contributed by atoms with Gasteiger partial charge in [0.1, 0.15) is 11.9 Å². The highest BCUT2D eigenvalue weighted by Crippen LogP contribution is 2.19. The van der Waals surface area contributed by atoms with Crippen molar-refractivity contribution in [3.63, 3.8) is 0 Å². The Hall–Kier alpha value is -3.09. The lowest BCUT2D eigenvalue weighted by atomic mass is 10.1. The number of nitrogens with zero attached hydrogens (tertiary/aromatic N) is 5. The van der Waals surface area contributed by atoms with Crippen molar-refractivity contribution >= 4 is 16.9 Å². The standard InChI is InChI=1S/C19H19N5O2/c1-13-20-7-6-18(23-13)26-15-3-2-10-24(12-15)19(25)14-4-5-16-17(11-14)22-9-8-21-16/h4-9,11,15H,2-3,10,12H2,1H3. The SMILES string of the molecule is Cc1nccc(OC2CCCN(C(=O)c3ccc4nccnc4c3)C2)n1. The number of piperidine rings is 1. The molecule has 1 aromatic carbocycles. The molecule has 1 unspecified atom stereocenters. The first kappa shape index (κ1) is 16.4. The van der Waals surface area contributed by atoms with Crippen molar-refractivity contribution < 1.29 is 9.53 Å². The average Bonchev–Trinajstić information content (AvgIpc) is 2.67. The van der Waals surface area contributed by atoms with Crippen LogP contribution in [-0.2, 0) is 0 Å². The van der Waals surface area contributed by atoms with Crippen molar-refractivity contribution in [1.82, 2.24) is 24.8 Å². The largest absolute Gasteiger partial charge is 0.472 e. The van der Waals surface area contributed by atoms with Crippen molar-refractivity contribution in [3.8, 4) is 5.88 Å². The summed E-state index contributed by atoms with van der Waals surface area (Å²) >= 11 is 0. The highest BCUT2D eigenvalue weighted by atomic mass is 16.5. The summed E-state index contributed by atoms with van der Waals surface area (Å²) < 4.78 is 5.96. The van der Waals surface area contributed by atoms with Gasteiger partial charge in [-0.3, -0.25) is 14.8 Å². The number of carbonyl (C=O) groups is 1. The van der Waals surface area contributed by atoms with Crippen molar-refractivity contribution in [2.45, 2.75) is 25.9 Å². The molecule has 0 radical (unpaired) electrons. The van der Waals surface area contributed by atoms with Crippen LogP contribution in [0.5, 0.6) is 5.88 Å². The van der Waals surface area contributed by atoms with E-state index in [2.05, 4.69) is 19.9 Å². The number of likely N-dealkylation sites (tertiary alicyclic amines) is 1. The molecular weight excluding hydrogens is 330 g/mol. The topological polar surface area (TPSA) is 81.1 Å². The molecule has 132 valence electrons. The highest BCUT2D eigenvalue weighted by molar-refractivity contribution is 5.97. The molecule has 3 aromatic rings. The fourth-order valence-corrected chi connectivity index (χ4v) is 3.17. The molecule has 26 heavy (non-hydrogen) atoms. The fraction of sp³-hybridized carbons (Fsp3) is 0.316. The van der Waals surface area contributed by atoms with Crippen LogP contribution in [0.3, 0.4) is 0 Å². The molecule has 1 fully saturated rings. The quantitative estimate of drug-likeness (QED) is 0.722. The third kappa shape index (κ3) is 3.46. The van der Waals surface area contributed by atoms with Gasteiger partial charge < -0.3 is 9.64 Å². The van der Waals surface area contributed by atoms with Crippen LogP contribution < -0.4 is 4.74 Å². The maximum Gasteiger partial charge on any atom is 0.254 e. The second-order valence-corrected chi connectivity index (χ2v) is 6.34. The van der Waals surface area contributed by atoms with Gasteiger partial charge in [-0.05, 0) is 38.0 Å². The Morgan fingerprint density at radius 1 is 1.12 bits per heavy atom. The van der Waals surface area contributed by atoms with Crippen LogP contribution in [0.2, 0.25) is 0 Å². The zero-order valence-corrected chi connectivity index (χ0v) is 14.5. The molecule has 1 aliphatic heterocycles. The van der Waals surface area contributed by atoms with Crippen LogP contribution in [0.1, 0.15) is 29.0 Å². The van der Waals surface area contributed by atoms with Gasteiger partial charge in [0.25, 0.3) is 5.91 Å². The van der Waals surface area contributed by atoms with Crippen molar-refractivity contribution in [3.05, 3.63) is 54.2 Å². The zero-order valence-electron chi connectivity index (χ0n) is 14.5. The third-order valence-corrected chi connectivity index (χ3v) is 4.42. The van der Waals surface area contributed by atoms with Crippen LogP contribution in [0.4, 0.5) is 0 Å². The fourth-order valence-electron chi connectivity index (χ4n) is 3.17. The van der Waals surface area contributed by atoms with Gasteiger partial charge in [0.15, 0.2) is 0 Å². The van der Waals surface area contributed by atoms with E-state index in [1.165, 1.54) is 0 Å². The minimum Gasteiger partial charge on any atom is -0.472 e. The van der Waals surface area contributed by atoms with Gasteiger partial charge in [0.05, 0.1) is 17.6 Å². The number of aromatic nitrogens is 4. The van der Waals surface area contributed by atoms with Crippen LogP contribution >= 0.6 is 0 Å². The lowest BCUT2D eigenvalue weighted by Gasteiger charge is -2.32. The summed E-state index contributed by atoms with van der Waals surface area (Å²) in [4.78, 5) is 31.6. The smallest absolute Gasteiger partial charge is 0.254 e. The van der Waals surface area contributed by atoms with Gasteiger partial charge in [-0.15, -0.1) is 0 Å². The van der Waals surface area contributed by atoms with Gasteiger partial charge in [-0.1, -0.05) is 0 Å². The van der Waals surface area contributed by atoms with Crippen molar-refractivity contribution in [2.24, 2.45) is 0 Å². The minimum atomic E-state index is -0.0674. The molecule has 1 aliphatic rings. The number of ether oxygens (including phenoxy) is 1. The highest BCUT2D eigenvalue weighted by Gasteiger charge is 2.26. The molecule has 7 nitrogen and oxygen atoms in total. The Kier molecular flexibility index (Phi) is 4.43. The summed E-state index contributed by atoms with van der Waals surface area (Å²) in [6.45, 7) is 3.09. The van der Waals surface area contributed by atoms with Crippen LogP contribution in [0.25, 0.3) is 11.0 Å². The number of carbonyl (C=O) groups excluding carboxylic acids is 1. The average molecular weight is 349 g/mol. The maximum absolute atomic E-state index is 12.9.